The fourth-order valence-corrected chi connectivity index (χ4v) is 2.85. The van der Waals surface area contributed by atoms with Crippen molar-refractivity contribution in [2.45, 2.75) is 18.9 Å². The van der Waals surface area contributed by atoms with E-state index in [1.165, 1.54) is 0 Å². The van der Waals surface area contributed by atoms with Crippen LogP contribution in [-0.4, -0.2) is 35.1 Å². The molecule has 0 aliphatic heterocycles. The molecule has 98 valence electrons. The van der Waals surface area contributed by atoms with E-state index in [1.807, 2.05) is 22.6 Å². The number of carbonyl (C=O) groups excluding carboxylic acids is 1. The van der Waals surface area contributed by atoms with Gasteiger partial charge in [-0.05, 0) is 47.6 Å². The minimum atomic E-state index is -0.111. The maximum absolute atomic E-state index is 12.4. The minimum Gasteiger partial charge on any atom is -0.395 e. The largest absolute Gasteiger partial charge is 0.395 e. The lowest BCUT2D eigenvalue weighted by molar-refractivity contribution is 0.0706. The molecule has 1 aliphatic rings. The van der Waals surface area contributed by atoms with E-state index < -0.39 is 0 Å². The molecule has 2 rings (SSSR count). The van der Waals surface area contributed by atoms with Gasteiger partial charge in [0.2, 0.25) is 0 Å². The first-order valence-electron chi connectivity index (χ1n) is 5.61. The Morgan fingerprint density at radius 3 is 2.67 bits per heavy atom. The Morgan fingerprint density at radius 1 is 1.44 bits per heavy atom. The van der Waals surface area contributed by atoms with Crippen molar-refractivity contribution in [2.75, 3.05) is 13.2 Å². The highest BCUT2D eigenvalue weighted by Gasteiger charge is 2.33. The predicted molar refractivity (Wildman–Crippen MR) is 80.3 cm³/mol. The summed E-state index contributed by atoms with van der Waals surface area (Å²) in [4.78, 5) is 14.1. The average molecular weight is 400 g/mol. The Morgan fingerprint density at radius 2 is 2.11 bits per heavy atom. The number of carbonyl (C=O) groups is 1. The zero-order valence-corrected chi connectivity index (χ0v) is 13.2. The Kier molecular flexibility index (Phi) is 4.75. The SMILES string of the molecule is O=C(c1cc(Cl)cc(Cl)c1I)N(CCO)C1CC1. The number of amides is 1. The monoisotopic (exact) mass is 399 g/mol. The molecule has 0 aromatic heterocycles. The van der Waals surface area contributed by atoms with Gasteiger partial charge in [-0.15, -0.1) is 0 Å². The van der Waals surface area contributed by atoms with Crippen LogP contribution in [0.1, 0.15) is 23.2 Å². The van der Waals surface area contributed by atoms with Gasteiger partial charge in [-0.25, -0.2) is 0 Å². The summed E-state index contributed by atoms with van der Waals surface area (Å²) in [6.45, 7) is 0.316. The van der Waals surface area contributed by atoms with Gasteiger partial charge in [-0.3, -0.25) is 4.79 Å². The summed E-state index contributed by atoms with van der Waals surface area (Å²) in [7, 11) is 0. The van der Waals surface area contributed by atoms with Crippen LogP contribution < -0.4 is 0 Å². The molecule has 1 amide bonds. The minimum absolute atomic E-state index is 0.0346. The van der Waals surface area contributed by atoms with Crippen molar-refractivity contribution in [1.82, 2.24) is 4.90 Å². The first-order valence-corrected chi connectivity index (χ1v) is 7.44. The van der Waals surface area contributed by atoms with Crippen molar-refractivity contribution >= 4 is 51.7 Å². The zero-order chi connectivity index (χ0) is 13.3. The average Bonchev–Trinajstić information content (AvgIpc) is 3.14. The summed E-state index contributed by atoms with van der Waals surface area (Å²) in [5.74, 6) is -0.111. The van der Waals surface area contributed by atoms with Crippen molar-refractivity contribution in [3.05, 3.63) is 31.3 Å². The van der Waals surface area contributed by atoms with E-state index in [0.29, 0.717) is 25.7 Å². The summed E-state index contributed by atoms with van der Waals surface area (Å²) in [6.07, 6.45) is 1.99. The third-order valence-electron chi connectivity index (χ3n) is 2.81. The number of hydrogen-bond donors (Lipinski definition) is 1. The molecular formula is C12H12Cl2INO2. The van der Waals surface area contributed by atoms with Crippen LogP contribution in [0.2, 0.25) is 10.0 Å². The van der Waals surface area contributed by atoms with E-state index in [4.69, 9.17) is 28.3 Å². The van der Waals surface area contributed by atoms with Gasteiger partial charge in [0.15, 0.2) is 0 Å². The molecular weight excluding hydrogens is 388 g/mol. The van der Waals surface area contributed by atoms with Crippen LogP contribution in [0.4, 0.5) is 0 Å². The Bertz CT molecular complexity index is 477. The fourth-order valence-electron chi connectivity index (χ4n) is 1.81. The Balaban J connectivity index is 2.31. The standard InChI is InChI=1S/C12H12Cl2INO2/c13-7-5-9(11(15)10(14)6-7)12(18)16(3-4-17)8-1-2-8/h5-6,8,17H,1-4H2. The van der Waals surface area contributed by atoms with Crippen molar-refractivity contribution in [3.8, 4) is 0 Å². The molecule has 0 saturated heterocycles. The van der Waals surface area contributed by atoms with Crippen LogP contribution in [0, 0.1) is 3.57 Å². The molecule has 1 aromatic carbocycles. The number of aliphatic hydroxyl groups excluding tert-OH is 1. The molecule has 3 nitrogen and oxygen atoms in total. The second-order valence-corrected chi connectivity index (χ2v) is 6.12. The molecule has 0 unspecified atom stereocenters. The number of benzene rings is 1. The van der Waals surface area contributed by atoms with E-state index in [1.54, 1.807) is 17.0 Å². The third kappa shape index (κ3) is 3.10. The van der Waals surface area contributed by atoms with Crippen molar-refractivity contribution in [1.29, 1.82) is 0 Å². The summed E-state index contributed by atoms with van der Waals surface area (Å²) in [5, 5.41) is 9.97. The van der Waals surface area contributed by atoms with E-state index in [9.17, 15) is 4.79 Å². The normalized spacial score (nSPS) is 14.7. The lowest BCUT2D eigenvalue weighted by Gasteiger charge is -2.22. The summed E-state index contributed by atoms with van der Waals surface area (Å²) >= 11 is 14.0. The third-order valence-corrected chi connectivity index (χ3v) is 4.81. The Labute approximate surface area is 129 Å². The topological polar surface area (TPSA) is 40.5 Å². The van der Waals surface area contributed by atoms with Gasteiger partial charge in [-0.2, -0.15) is 0 Å². The van der Waals surface area contributed by atoms with Crippen molar-refractivity contribution in [3.63, 3.8) is 0 Å². The van der Waals surface area contributed by atoms with Crippen LogP contribution in [0.25, 0.3) is 0 Å². The Hall–Kier alpha value is -0.0400. The fraction of sp³-hybridized carbons (Fsp3) is 0.417. The molecule has 1 fully saturated rings. The lowest BCUT2D eigenvalue weighted by atomic mass is 10.2. The first kappa shape index (κ1) is 14.4. The molecule has 1 saturated carbocycles. The van der Waals surface area contributed by atoms with Gasteiger partial charge < -0.3 is 10.0 Å². The predicted octanol–water partition coefficient (Wildman–Crippen LogP) is 3.19. The molecule has 6 heteroatoms. The molecule has 18 heavy (non-hydrogen) atoms. The number of aliphatic hydroxyl groups is 1. The van der Waals surface area contributed by atoms with Crippen LogP contribution in [0.3, 0.4) is 0 Å². The van der Waals surface area contributed by atoms with Gasteiger partial charge in [-0.1, -0.05) is 23.2 Å². The maximum Gasteiger partial charge on any atom is 0.255 e. The lowest BCUT2D eigenvalue weighted by Crippen LogP contribution is -2.36. The summed E-state index contributed by atoms with van der Waals surface area (Å²) in [5.41, 5.74) is 0.508. The first-order chi connectivity index (χ1) is 8.54. The highest BCUT2D eigenvalue weighted by Crippen LogP contribution is 2.32. The molecule has 0 atom stereocenters. The second kappa shape index (κ2) is 5.94. The molecule has 1 aromatic rings. The quantitative estimate of drug-likeness (QED) is 0.623. The van der Waals surface area contributed by atoms with Crippen LogP contribution in [-0.2, 0) is 0 Å². The van der Waals surface area contributed by atoms with Gasteiger partial charge in [0, 0.05) is 21.2 Å². The van der Waals surface area contributed by atoms with Crippen LogP contribution >= 0.6 is 45.8 Å². The number of rotatable bonds is 4. The molecule has 1 aliphatic carbocycles. The zero-order valence-electron chi connectivity index (χ0n) is 9.50. The van der Waals surface area contributed by atoms with Gasteiger partial charge in [0.25, 0.3) is 5.91 Å². The number of halogens is 3. The highest BCUT2D eigenvalue weighted by molar-refractivity contribution is 14.1. The molecule has 0 radical (unpaired) electrons. The van der Waals surface area contributed by atoms with Gasteiger partial charge in [0.1, 0.15) is 0 Å². The molecule has 0 heterocycles. The maximum atomic E-state index is 12.4. The number of hydrogen-bond acceptors (Lipinski definition) is 2. The van der Waals surface area contributed by atoms with Gasteiger partial charge >= 0.3 is 0 Å². The van der Waals surface area contributed by atoms with Crippen molar-refractivity contribution in [2.24, 2.45) is 0 Å². The second-order valence-electron chi connectivity index (χ2n) is 4.20. The van der Waals surface area contributed by atoms with E-state index in [2.05, 4.69) is 0 Å². The van der Waals surface area contributed by atoms with Crippen LogP contribution in [0.15, 0.2) is 12.1 Å². The summed E-state index contributed by atoms with van der Waals surface area (Å²) < 4.78 is 0.701. The molecule has 0 bridgehead atoms. The van der Waals surface area contributed by atoms with E-state index in [0.717, 1.165) is 12.8 Å². The summed E-state index contributed by atoms with van der Waals surface area (Å²) in [6, 6.07) is 3.50. The highest BCUT2D eigenvalue weighted by atomic mass is 127. The molecule has 1 N–H and O–H groups in total. The van der Waals surface area contributed by atoms with Crippen LogP contribution in [0.5, 0.6) is 0 Å². The van der Waals surface area contributed by atoms with Gasteiger partial charge in [0.05, 0.1) is 17.2 Å². The van der Waals surface area contributed by atoms with E-state index in [-0.39, 0.29) is 18.6 Å². The smallest absolute Gasteiger partial charge is 0.255 e. The number of nitrogens with zero attached hydrogens (tertiary/aromatic N) is 1. The van der Waals surface area contributed by atoms with Crippen molar-refractivity contribution < 1.29 is 9.90 Å². The van der Waals surface area contributed by atoms with E-state index >= 15 is 0 Å². The molecule has 0 spiro atoms.